The second-order valence-electron chi connectivity index (χ2n) is 6.05. The van der Waals surface area contributed by atoms with Crippen molar-refractivity contribution < 1.29 is 23.6 Å². The molecule has 0 aromatic heterocycles. The summed E-state index contributed by atoms with van der Waals surface area (Å²) in [6.45, 7) is 1.99. The Labute approximate surface area is 159 Å². The van der Waals surface area contributed by atoms with Gasteiger partial charge in [-0.15, -0.1) is 0 Å². The van der Waals surface area contributed by atoms with Gasteiger partial charge in [-0.2, -0.15) is 0 Å². The predicted molar refractivity (Wildman–Crippen MR) is 107 cm³/mol. The summed E-state index contributed by atoms with van der Waals surface area (Å²) in [4.78, 5) is 12.6. The summed E-state index contributed by atoms with van der Waals surface area (Å²) in [5.41, 5.74) is 2.03. The molecule has 7 heteroatoms. The fourth-order valence-corrected chi connectivity index (χ4v) is 2.37. The van der Waals surface area contributed by atoms with E-state index in [1.807, 2.05) is 49.9 Å². The number of carbonyl (C=O) groups is 1. The second kappa shape index (κ2) is 8.93. The fourth-order valence-electron chi connectivity index (χ4n) is 2.37. The van der Waals surface area contributed by atoms with Crippen molar-refractivity contribution in [3.05, 3.63) is 42.0 Å². The predicted octanol–water partition coefficient (Wildman–Crippen LogP) is 3.07. The van der Waals surface area contributed by atoms with Gasteiger partial charge in [0.25, 0.3) is 5.91 Å². The van der Waals surface area contributed by atoms with Gasteiger partial charge in [0.05, 0.1) is 35.4 Å². The molecule has 2 aromatic carbocycles. The number of carbonyl (C=O) groups excluding carboxylic acids is 1. The van der Waals surface area contributed by atoms with Gasteiger partial charge in [-0.25, -0.2) is 5.32 Å². The lowest BCUT2D eigenvalue weighted by Crippen LogP contribution is -2.18. The molecule has 144 valence electrons. The summed E-state index contributed by atoms with van der Waals surface area (Å²) in [5.74, 6) is 2.04. The second-order valence-corrected chi connectivity index (χ2v) is 6.05. The maximum atomic E-state index is 12.6. The number of amides is 1. The van der Waals surface area contributed by atoms with E-state index in [2.05, 4.69) is 10.6 Å². The summed E-state index contributed by atoms with van der Waals surface area (Å²) in [6.07, 6.45) is 0. The van der Waals surface area contributed by atoms with E-state index in [9.17, 15) is 4.79 Å². The Morgan fingerprint density at radius 3 is 1.74 bits per heavy atom. The van der Waals surface area contributed by atoms with E-state index in [1.54, 1.807) is 12.1 Å². The van der Waals surface area contributed by atoms with Gasteiger partial charge in [-0.1, -0.05) is 0 Å². The lowest BCUT2D eigenvalue weighted by Gasteiger charge is -2.14. The van der Waals surface area contributed by atoms with Crippen molar-refractivity contribution in [1.82, 2.24) is 0 Å². The average Bonchev–Trinajstić information content (AvgIpc) is 2.67. The van der Waals surface area contributed by atoms with E-state index in [1.165, 1.54) is 21.3 Å². The molecule has 0 atom stereocenters. The third-order valence-electron chi connectivity index (χ3n) is 4.07. The molecule has 0 bridgehead atoms. The molecule has 0 aliphatic heterocycles. The highest BCUT2D eigenvalue weighted by Gasteiger charge is 2.17. The van der Waals surface area contributed by atoms with E-state index < -0.39 is 0 Å². The number of amidine groups is 1. The van der Waals surface area contributed by atoms with Crippen LogP contribution in [0.25, 0.3) is 0 Å². The number of ether oxygens (including phenoxy) is 3. The topological polar surface area (TPSA) is 71.8 Å². The quantitative estimate of drug-likeness (QED) is 0.463. The summed E-state index contributed by atoms with van der Waals surface area (Å²) in [5, 5.41) is 6.15. The minimum absolute atomic E-state index is 0.272. The first-order valence-corrected chi connectivity index (χ1v) is 8.39. The first-order valence-electron chi connectivity index (χ1n) is 8.39. The zero-order chi connectivity index (χ0) is 20.0. The molecule has 0 spiro atoms. The van der Waals surface area contributed by atoms with E-state index in [0.29, 0.717) is 28.5 Å². The minimum atomic E-state index is -0.272. The van der Waals surface area contributed by atoms with Crippen LogP contribution in [0.4, 0.5) is 11.4 Å². The lowest BCUT2D eigenvalue weighted by molar-refractivity contribution is -0.464. The Morgan fingerprint density at radius 1 is 0.852 bits per heavy atom. The smallest absolute Gasteiger partial charge is 0.255 e. The molecule has 0 fully saturated rings. The number of hydrogen-bond donors (Lipinski definition) is 2. The molecule has 0 aliphatic rings. The number of nitrogens with zero attached hydrogens (tertiary/aromatic N) is 1. The number of rotatable bonds is 6. The van der Waals surface area contributed by atoms with Crippen molar-refractivity contribution in [3.8, 4) is 17.2 Å². The molecule has 0 heterocycles. The van der Waals surface area contributed by atoms with E-state index in [0.717, 1.165) is 11.5 Å². The molecule has 2 rings (SSSR count). The molecule has 2 N–H and O–H groups in total. The van der Waals surface area contributed by atoms with Gasteiger partial charge in [0.1, 0.15) is 5.69 Å². The zero-order valence-corrected chi connectivity index (χ0v) is 16.5. The average molecular weight is 372 g/mol. The number of methoxy groups -OCH3 is 3. The van der Waals surface area contributed by atoms with Crippen molar-refractivity contribution in [2.24, 2.45) is 0 Å². The standard InChI is InChI=1S/C20H25N3O4/c1-13(23(2)3)21-15-7-9-16(10-8-15)22-20(24)14-11-17(25-4)19(27-6)18(12-14)26-5/h7-12H,1-6H3,(H,22,24)/p+1. The highest BCUT2D eigenvalue weighted by Crippen LogP contribution is 2.38. The van der Waals surface area contributed by atoms with Crippen molar-refractivity contribution in [1.29, 1.82) is 0 Å². The number of anilines is 2. The highest BCUT2D eigenvalue weighted by atomic mass is 16.5. The molecule has 0 radical (unpaired) electrons. The van der Waals surface area contributed by atoms with E-state index in [4.69, 9.17) is 14.2 Å². The first kappa shape index (κ1) is 20.1. The van der Waals surface area contributed by atoms with Crippen LogP contribution in [0.1, 0.15) is 17.3 Å². The Kier molecular flexibility index (Phi) is 6.65. The molecule has 7 nitrogen and oxygen atoms in total. The van der Waals surface area contributed by atoms with Crippen LogP contribution in [0.3, 0.4) is 0 Å². The summed E-state index contributed by atoms with van der Waals surface area (Å²) in [6, 6.07) is 10.7. The van der Waals surface area contributed by atoms with Gasteiger partial charge in [-0.05, 0) is 36.4 Å². The fraction of sp³-hybridized carbons (Fsp3) is 0.300. The van der Waals surface area contributed by atoms with Gasteiger partial charge in [-0.3, -0.25) is 9.37 Å². The van der Waals surface area contributed by atoms with E-state index in [-0.39, 0.29) is 5.91 Å². The van der Waals surface area contributed by atoms with Crippen LogP contribution in [0.2, 0.25) is 0 Å². The number of hydrogen-bond acceptors (Lipinski definition) is 4. The van der Waals surface area contributed by atoms with Crippen LogP contribution in [-0.4, -0.2) is 51.7 Å². The van der Waals surface area contributed by atoms with Crippen molar-refractivity contribution in [3.63, 3.8) is 0 Å². The van der Waals surface area contributed by atoms with Gasteiger partial charge < -0.3 is 19.5 Å². The maximum absolute atomic E-state index is 12.6. The van der Waals surface area contributed by atoms with Crippen molar-refractivity contribution in [2.45, 2.75) is 6.92 Å². The molecular weight excluding hydrogens is 346 g/mol. The van der Waals surface area contributed by atoms with Crippen LogP contribution in [0.15, 0.2) is 36.4 Å². The van der Waals surface area contributed by atoms with Crippen LogP contribution in [0, 0.1) is 0 Å². The number of benzene rings is 2. The third kappa shape index (κ3) is 4.91. The molecule has 27 heavy (non-hydrogen) atoms. The van der Waals surface area contributed by atoms with Crippen LogP contribution in [0.5, 0.6) is 17.2 Å². The third-order valence-corrected chi connectivity index (χ3v) is 4.07. The van der Waals surface area contributed by atoms with Gasteiger partial charge in [0.15, 0.2) is 11.5 Å². The Hall–Kier alpha value is -3.22. The first-order chi connectivity index (χ1) is 12.9. The molecular formula is C20H26N3O4+. The minimum Gasteiger partial charge on any atom is -0.493 e. The largest absolute Gasteiger partial charge is 0.493 e. The molecule has 0 aliphatic carbocycles. The van der Waals surface area contributed by atoms with E-state index >= 15 is 0 Å². The Morgan fingerprint density at radius 2 is 1.33 bits per heavy atom. The summed E-state index contributed by atoms with van der Waals surface area (Å²) in [7, 11) is 8.47. The van der Waals surface area contributed by atoms with Crippen molar-refractivity contribution >= 4 is 23.1 Å². The van der Waals surface area contributed by atoms with Crippen LogP contribution in [-0.2, 0) is 0 Å². The Balaban J connectivity index is 2.19. The van der Waals surface area contributed by atoms with Gasteiger partial charge in [0, 0.05) is 18.2 Å². The van der Waals surface area contributed by atoms with Crippen molar-refractivity contribution in [2.75, 3.05) is 46.1 Å². The highest BCUT2D eigenvalue weighted by molar-refractivity contribution is 6.05. The SMILES string of the molecule is COc1cc(C(=O)Nc2ccc(NC(C)=[N+](C)C)cc2)cc(OC)c1OC. The lowest BCUT2D eigenvalue weighted by atomic mass is 10.1. The van der Waals surface area contributed by atoms with Gasteiger partial charge >= 0.3 is 0 Å². The summed E-state index contributed by atoms with van der Waals surface area (Å²) >= 11 is 0. The van der Waals surface area contributed by atoms with Gasteiger partial charge in [0.2, 0.25) is 11.6 Å². The molecule has 1 amide bonds. The molecule has 0 unspecified atom stereocenters. The molecule has 2 aromatic rings. The van der Waals surface area contributed by atoms with Crippen LogP contribution < -0.4 is 24.8 Å². The monoisotopic (exact) mass is 372 g/mol. The molecule has 0 saturated heterocycles. The Bertz CT molecular complexity index is 816. The normalized spacial score (nSPS) is 10.0. The molecule has 0 saturated carbocycles. The number of nitrogens with one attached hydrogen (secondary N) is 2. The summed E-state index contributed by atoms with van der Waals surface area (Å²) < 4.78 is 17.8. The van der Waals surface area contributed by atoms with Crippen LogP contribution >= 0.6 is 0 Å². The maximum Gasteiger partial charge on any atom is 0.255 e. The zero-order valence-electron chi connectivity index (χ0n) is 16.5.